The molecule has 1 rings (SSSR count). The van der Waals surface area contributed by atoms with Gasteiger partial charge in [0.25, 0.3) is 0 Å². The summed E-state index contributed by atoms with van der Waals surface area (Å²) in [5.74, 6) is -3.39. The summed E-state index contributed by atoms with van der Waals surface area (Å²) in [5, 5.41) is 8.81. The molecule has 0 aliphatic heterocycles. The van der Waals surface area contributed by atoms with E-state index in [1.807, 2.05) is 0 Å². The molecule has 0 heterocycles. The van der Waals surface area contributed by atoms with E-state index in [1.165, 1.54) is 6.07 Å². The average Bonchev–Trinajstić information content (AvgIpc) is 2.18. The van der Waals surface area contributed by atoms with Gasteiger partial charge in [-0.2, -0.15) is 8.78 Å². The molecule has 0 atom stereocenters. The van der Waals surface area contributed by atoms with Gasteiger partial charge in [0, 0.05) is 0 Å². The standard InChI is InChI=1S/C10H10F2O2/c1-2-3-6-14-8-5-4-7(13)9(11)10(8)12/h2-5,13H,6H2,1H3/b3-2+. The van der Waals surface area contributed by atoms with Gasteiger partial charge in [0.1, 0.15) is 6.61 Å². The largest absolute Gasteiger partial charge is 0.505 e. The normalized spacial score (nSPS) is 10.8. The summed E-state index contributed by atoms with van der Waals surface area (Å²) < 4.78 is 30.7. The summed E-state index contributed by atoms with van der Waals surface area (Å²) in [6, 6.07) is 2.22. The minimum atomic E-state index is -1.29. The van der Waals surface area contributed by atoms with Gasteiger partial charge in [0.2, 0.25) is 11.6 Å². The number of benzene rings is 1. The second-order valence-corrected chi connectivity index (χ2v) is 2.59. The topological polar surface area (TPSA) is 29.5 Å². The van der Waals surface area contributed by atoms with Gasteiger partial charge >= 0.3 is 0 Å². The van der Waals surface area contributed by atoms with E-state index in [9.17, 15) is 8.78 Å². The van der Waals surface area contributed by atoms with Crippen LogP contribution in [0, 0.1) is 11.6 Å². The Morgan fingerprint density at radius 2 is 2.07 bits per heavy atom. The van der Waals surface area contributed by atoms with Crippen LogP contribution in [0.15, 0.2) is 24.3 Å². The number of phenolic OH excluding ortho intramolecular Hbond substituents is 1. The highest BCUT2D eigenvalue weighted by Gasteiger charge is 2.13. The molecule has 0 saturated heterocycles. The molecule has 0 bridgehead atoms. The first-order valence-corrected chi connectivity index (χ1v) is 4.07. The fraction of sp³-hybridized carbons (Fsp3) is 0.200. The number of hydrogen-bond donors (Lipinski definition) is 1. The predicted octanol–water partition coefficient (Wildman–Crippen LogP) is 2.63. The van der Waals surface area contributed by atoms with Gasteiger partial charge in [-0.3, -0.25) is 0 Å². The van der Waals surface area contributed by atoms with E-state index < -0.39 is 17.4 Å². The molecular formula is C10H10F2O2. The maximum absolute atomic E-state index is 13.0. The monoisotopic (exact) mass is 200 g/mol. The summed E-state index contributed by atoms with van der Waals surface area (Å²) in [6.45, 7) is 1.95. The number of allylic oxidation sites excluding steroid dienone is 1. The van der Waals surface area contributed by atoms with Crippen LogP contribution in [0.5, 0.6) is 11.5 Å². The van der Waals surface area contributed by atoms with Crippen LogP contribution in [-0.4, -0.2) is 11.7 Å². The Bertz CT molecular complexity index is 348. The third kappa shape index (κ3) is 2.22. The first-order chi connectivity index (χ1) is 6.66. The van der Waals surface area contributed by atoms with E-state index in [1.54, 1.807) is 19.1 Å². The fourth-order valence-corrected chi connectivity index (χ4v) is 0.867. The number of halogens is 2. The van der Waals surface area contributed by atoms with Gasteiger partial charge in [-0.1, -0.05) is 12.2 Å². The maximum atomic E-state index is 13.0. The lowest BCUT2D eigenvalue weighted by molar-refractivity contribution is 0.324. The molecule has 2 nitrogen and oxygen atoms in total. The molecule has 0 spiro atoms. The van der Waals surface area contributed by atoms with Gasteiger partial charge in [0.15, 0.2) is 11.5 Å². The molecular weight excluding hydrogens is 190 g/mol. The number of phenols is 1. The zero-order valence-corrected chi connectivity index (χ0v) is 7.63. The van der Waals surface area contributed by atoms with Crippen LogP contribution >= 0.6 is 0 Å². The van der Waals surface area contributed by atoms with Gasteiger partial charge < -0.3 is 9.84 Å². The van der Waals surface area contributed by atoms with E-state index >= 15 is 0 Å². The number of hydrogen-bond acceptors (Lipinski definition) is 2. The second kappa shape index (κ2) is 4.60. The quantitative estimate of drug-likeness (QED) is 0.760. The smallest absolute Gasteiger partial charge is 0.204 e. The van der Waals surface area contributed by atoms with E-state index in [4.69, 9.17) is 9.84 Å². The molecule has 0 radical (unpaired) electrons. The van der Waals surface area contributed by atoms with Crippen molar-refractivity contribution in [3.8, 4) is 11.5 Å². The highest BCUT2D eigenvalue weighted by molar-refractivity contribution is 5.34. The zero-order chi connectivity index (χ0) is 10.6. The highest BCUT2D eigenvalue weighted by atomic mass is 19.2. The van der Waals surface area contributed by atoms with E-state index in [0.29, 0.717) is 0 Å². The first kappa shape index (κ1) is 10.5. The Labute approximate surface area is 80.4 Å². The molecule has 0 unspecified atom stereocenters. The van der Waals surface area contributed by atoms with Crippen LogP contribution in [0.3, 0.4) is 0 Å². The van der Waals surface area contributed by atoms with Gasteiger partial charge in [0.05, 0.1) is 0 Å². The van der Waals surface area contributed by atoms with E-state index in [-0.39, 0.29) is 12.4 Å². The number of rotatable bonds is 3. The fourth-order valence-electron chi connectivity index (χ4n) is 0.867. The van der Waals surface area contributed by atoms with Crippen molar-refractivity contribution in [1.29, 1.82) is 0 Å². The van der Waals surface area contributed by atoms with E-state index in [0.717, 1.165) is 6.07 Å². The Balaban J connectivity index is 2.83. The Kier molecular flexibility index (Phi) is 3.45. The van der Waals surface area contributed by atoms with Crippen molar-refractivity contribution < 1.29 is 18.6 Å². The molecule has 1 aromatic rings. The Hall–Kier alpha value is -1.58. The summed E-state index contributed by atoms with van der Waals surface area (Å²) in [4.78, 5) is 0. The summed E-state index contributed by atoms with van der Waals surface area (Å²) in [5.41, 5.74) is 0. The molecule has 1 aromatic carbocycles. The minimum Gasteiger partial charge on any atom is -0.505 e. The van der Waals surface area contributed by atoms with Crippen molar-refractivity contribution in [2.75, 3.05) is 6.61 Å². The molecule has 0 amide bonds. The third-order valence-electron chi connectivity index (χ3n) is 1.60. The lowest BCUT2D eigenvalue weighted by Gasteiger charge is -2.05. The Morgan fingerprint density at radius 1 is 1.36 bits per heavy atom. The first-order valence-electron chi connectivity index (χ1n) is 4.07. The van der Waals surface area contributed by atoms with Gasteiger partial charge in [-0.15, -0.1) is 0 Å². The molecule has 0 aliphatic carbocycles. The van der Waals surface area contributed by atoms with Crippen molar-refractivity contribution in [2.24, 2.45) is 0 Å². The molecule has 1 N–H and O–H groups in total. The van der Waals surface area contributed by atoms with Crippen LogP contribution in [0.1, 0.15) is 6.92 Å². The lowest BCUT2D eigenvalue weighted by atomic mass is 10.3. The van der Waals surface area contributed by atoms with Crippen LogP contribution < -0.4 is 4.74 Å². The van der Waals surface area contributed by atoms with Gasteiger partial charge in [-0.25, -0.2) is 0 Å². The number of aromatic hydroxyl groups is 1. The van der Waals surface area contributed by atoms with Crippen molar-refractivity contribution >= 4 is 0 Å². The predicted molar refractivity (Wildman–Crippen MR) is 48.3 cm³/mol. The van der Waals surface area contributed by atoms with Crippen molar-refractivity contribution in [3.05, 3.63) is 35.9 Å². The minimum absolute atomic E-state index is 0.164. The van der Waals surface area contributed by atoms with Crippen LogP contribution in [0.4, 0.5) is 8.78 Å². The van der Waals surface area contributed by atoms with Crippen LogP contribution in [0.25, 0.3) is 0 Å². The summed E-state index contributed by atoms with van der Waals surface area (Å²) in [6.07, 6.45) is 3.39. The third-order valence-corrected chi connectivity index (χ3v) is 1.60. The van der Waals surface area contributed by atoms with E-state index in [2.05, 4.69) is 0 Å². The second-order valence-electron chi connectivity index (χ2n) is 2.59. The number of ether oxygens (including phenoxy) is 1. The average molecular weight is 200 g/mol. The molecule has 14 heavy (non-hydrogen) atoms. The van der Waals surface area contributed by atoms with Crippen molar-refractivity contribution in [2.45, 2.75) is 6.92 Å². The zero-order valence-electron chi connectivity index (χ0n) is 7.63. The van der Waals surface area contributed by atoms with Crippen molar-refractivity contribution in [3.63, 3.8) is 0 Å². The van der Waals surface area contributed by atoms with Gasteiger partial charge in [-0.05, 0) is 19.1 Å². The molecule has 0 aromatic heterocycles. The van der Waals surface area contributed by atoms with Crippen LogP contribution in [0.2, 0.25) is 0 Å². The Morgan fingerprint density at radius 3 is 2.71 bits per heavy atom. The lowest BCUT2D eigenvalue weighted by Crippen LogP contribution is -1.97. The summed E-state index contributed by atoms with van der Waals surface area (Å²) in [7, 11) is 0. The molecule has 4 heteroatoms. The maximum Gasteiger partial charge on any atom is 0.204 e. The molecule has 0 aliphatic rings. The van der Waals surface area contributed by atoms with Crippen molar-refractivity contribution in [1.82, 2.24) is 0 Å². The SMILES string of the molecule is C/C=C/COc1ccc(O)c(F)c1F. The summed E-state index contributed by atoms with van der Waals surface area (Å²) >= 11 is 0. The molecule has 0 fully saturated rings. The molecule has 0 saturated carbocycles. The van der Waals surface area contributed by atoms with Crippen LogP contribution in [-0.2, 0) is 0 Å². The highest BCUT2D eigenvalue weighted by Crippen LogP contribution is 2.26. The molecule has 76 valence electrons.